The number of carbonyl (C=O) groups excluding carboxylic acids is 5. The monoisotopic (exact) mass is 1010 g/mol. The second-order valence-corrected chi connectivity index (χ2v) is 18.2. The normalized spacial score (nSPS) is 24.3. The van der Waals surface area contributed by atoms with E-state index in [2.05, 4.69) is 15.0 Å². The number of fused-ring (bicyclic) bond motifs is 8. The van der Waals surface area contributed by atoms with Crippen LogP contribution in [-0.4, -0.2) is 145 Å². The molecule has 2 N–H and O–H groups in total. The summed E-state index contributed by atoms with van der Waals surface area (Å²) in [7, 11) is 7.36. The third kappa shape index (κ3) is 16.9. The highest BCUT2D eigenvalue weighted by Crippen LogP contribution is 2.33. The first-order valence-corrected chi connectivity index (χ1v) is 23.9. The van der Waals surface area contributed by atoms with Crippen molar-refractivity contribution < 1.29 is 80.6 Å². The SMILES string of the molecule is COC(CO)C(=O)O[C@H](CC[C@H](C)[C@H](C[C@@H]1OC(=O)C[C@@H](O)C/C=C/C(=O)[C@H](C)[C@H](OC)c2coc(n2)-c2coc(n2)-c2coc(n2)/C=C/C[C@H](OC)[C@H]1C)OC)[C@H](C)[C@H](OC(C)=O)[C@H](C)/C=C/N(C)C=O. The molecule has 0 aliphatic carbocycles. The molecular formula is C51H72N4O17. The number of hydrogen-bond acceptors (Lipinski definition) is 20. The number of hydrogen-bond donors (Lipinski definition) is 2. The van der Waals surface area contributed by atoms with Gasteiger partial charge in [0.2, 0.25) is 24.1 Å². The molecule has 6 bridgehead atoms. The van der Waals surface area contributed by atoms with E-state index in [1.807, 2.05) is 26.8 Å². The molecule has 0 fully saturated rings. The number of allylic oxidation sites excluding steroid dienone is 1. The summed E-state index contributed by atoms with van der Waals surface area (Å²) in [4.78, 5) is 78.8. The predicted molar refractivity (Wildman–Crippen MR) is 258 cm³/mol. The maximum absolute atomic E-state index is 13.7. The summed E-state index contributed by atoms with van der Waals surface area (Å²) in [6, 6.07) is 0. The summed E-state index contributed by atoms with van der Waals surface area (Å²) in [5.41, 5.74) is 0.936. The Bertz CT molecular complexity index is 2260. The van der Waals surface area contributed by atoms with Gasteiger partial charge >= 0.3 is 17.9 Å². The van der Waals surface area contributed by atoms with Gasteiger partial charge in [-0.05, 0) is 43.8 Å². The molecule has 1 amide bonds. The number of ether oxygens (including phenoxy) is 7. The number of carbonyl (C=O) groups is 5. The Morgan fingerprint density at radius 3 is 2.21 bits per heavy atom. The third-order valence-electron chi connectivity index (χ3n) is 12.9. The third-order valence-corrected chi connectivity index (χ3v) is 12.9. The number of oxazole rings is 3. The van der Waals surface area contributed by atoms with Crippen LogP contribution in [0.25, 0.3) is 29.2 Å². The first-order chi connectivity index (χ1) is 34.4. The van der Waals surface area contributed by atoms with Crippen LogP contribution in [0.1, 0.15) is 97.8 Å². The van der Waals surface area contributed by atoms with Crippen LogP contribution >= 0.6 is 0 Å². The van der Waals surface area contributed by atoms with Crippen LogP contribution in [0.2, 0.25) is 0 Å². The van der Waals surface area contributed by atoms with Crippen LogP contribution in [0.4, 0.5) is 0 Å². The summed E-state index contributed by atoms with van der Waals surface area (Å²) >= 11 is 0. The standard InChI is InChI=1S/C51H72N4O17/c1-29(18-19-41(72-51(62)44(24-56)65-10)33(5)47(70-34(6)58)30(2)20-21-55(7)28-57)42(64-9)23-43-32(4)40(63-8)16-13-17-45-52-37(26-67-45)49-54-38(27-69-49)50-53-36(25-68-50)48(66-11)31(3)39(60)15-12-14-35(59)22-46(61)71-43/h12-13,15,17,20-21,25-33,35,40-44,47-48,56,59H,14,16,18-19,22-24H2,1-11H3/b15-12+,17-13+,21-20+/t29-,30+,31-,32+,33-,35-,40-,41+,42-,43-,44?,47+,48-/m0/s1. The number of nitrogens with zero attached hydrogens (tertiary/aromatic N) is 4. The van der Waals surface area contributed by atoms with Crippen molar-refractivity contribution in [2.45, 2.75) is 129 Å². The zero-order valence-electron chi connectivity index (χ0n) is 43.0. The lowest BCUT2D eigenvalue weighted by atomic mass is 9.83. The van der Waals surface area contributed by atoms with E-state index >= 15 is 0 Å². The van der Waals surface area contributed by atoms with Crippen molar-refractivity contribution in [3.05, 3.63) is 60.9 Å². The van der Waals surface area contributed by atoms with Gasteiger partial charge in [0.05, 0.1) is 37.3 Å². The van der Waals surface area contributed by atoms with Crippen LogP contribution in [0.5, 0.6) is 0 Å². The van der Waals surface area contributed by atoms with Crippen LogP contribution in [-0.2, 0) is 57.1 Å². The maximum Gasteiger partial charge on any atom is 0.337 e. The Hall–Kier alpha value is -5.84. The Morgan fingerprint density at radius 1 is 0.875 bits per heavy atom. The number of ketones is 1. The number of aromatic nitrogens is 3. The number of rotatable bonds is 20. The molecule has 3 aromatic rings. The second kappa shape index (κ2) is 29.0. The van der Waals surface area contributed by atoms with Crippen molar-refractivity contribution in [2.24, 2.45) is 29.6 Å². The van der Waals surface area contributed by atoms with Crippen molar-refractivity contribution in [3.8, 4) is 23.2 Å². The van der Waals surface area contributed by atoms with E-state index in [0.717, 1.165) is 0 Å². The molecule has 1 unspecified atom stereocenters. The van der Waals surface area contributed by atoms with Crippen molar-refractivity contribution in [1.29, 1.82) is 0 Å². The Kier molecular flexibility index (Phi) is 23.7. The molecule has 0 saturated carbocycles. The van der Waals surface area contributed by atoms with E-state index in [-0.39, 0.29) is 60.8 Å². The lowest BCUT2D eigenvalue weighted by Crippen LogP contribution is -2.42. The topological polar surface area (TPSA) is 272 Å². The molecule has 0 spiro atoms. The molecule has 21 nitrogen and oxygen atoms in total. The van der Waals surface area contributed by atoms with E-state index in [9.17, 15) is 34.2 Å². The Labute approximate surface area is 420 Å². The number of esters is 3. The maximum atomic E-state index is 13.7. The fourth-order valence-corrected chi connectivity index (χ4v) is 8.46. The fourth-order valence-electron chi connectivity index (χ4n) is 8.46. The first-order valence-electron chi connectivity index (χ1n) is 23.9. The highest BCUT2D eigenvalue weighted by molar-refractivity contribution is 5.92. The smallest absolute Gasteiger partial charge is 0.337 e. The lowest BCUT2D eigenvalue weighted by molar-refractivity contribution is -0.172. The number of cyclic esters (lactones) is 1. The van der Waals surface area contributed by atoms with Crippen LogP contribution < -0.4 is 0 Å². The molecule has 4 rings (SSSR count). The minimum atomic E-state index is -1.26. The molecule has 13 atom stereocenters. The van der Waals surface area contributed by atoms with Gasteiger partial charge in [-0.3, -0.25) is 19.2 Å². The van der Waals surface area contributed by atoms with E-state index < -0.39 is 97.0 Å². The summed E-state index contributed by atoms with van der Waals surface area (Å²) < 4.78 is 57.9. The van der Waals surface area contributed by atoms with Gasteiger partial charge in [0.1, 0.15) is 48.9 Å². The molecule has 0 saturated heterocycles. The van der Waals surface area contributed by atoms with Crippen molar-refractivity contribution >= 4 is 36.2 Å². The second-order valence-electron chi connectivity index (χ2n) is 18.2. The van der Waals surface area contributed by atoms with Gasteiger partial charge in [-0.25, -0.2) is 19.7 Å². The molecule has 21 heteroatoms. The number of amides is 1. The van der Waals surface area contributed by atoms with Gasteiger partial charge in [-0.1, -0.05) is 52.8 Å². The van der Waals surface area contributed by atoms with Gasteiger partial charge in [-0.15, -0.1) is 0 Å². The summed E-state index contributed by atoms with van der Waals surface area (Å²) in [6.45, 7) is 9.74. The van der Waals surface area contributed by atoms with Crippen LogP contribution in [0.3, 0.4) is 0 Å². The number of methoxy groups -OCH3 is 4. The Balaban J connectivity index is 1.62. The Morgan fingerprint density at radius 2 is 1.56 bits per heavy atom. The average molecular weight is 1010 g/mol. The summed E-state index contributed by atoms with van der Waals surface area (Å²) in [5.74, 6) is -4.29. The number of aliphatic hydroxyl groups is 2. The predicted octanol–water partition coefficient (Wildman–Crippen LogP) is 6.10. The zero-order chi connectivity index (χ0) is 53.1. The summed E-state index contributed by atoms with van der Waals surface area (Å²) in [5, 5.41) is 20.9. The molecule has 4 heterocycles. The van der Waals surface area contributed by atoms with Gasteiger partial charge in [-0.2, -0.15) is 0 Å². The molecule has 72 heavy (non-hydrogen) atoms. The van der Waals surface area contributed by atoms with E-state index in [1.54, 1.807) is 46.4 Å². The van der Waals surface area contributed by atoms with Crippen molar-refractivity contribution in [2.75, 3.05) is 42.1 Å². The van der Waals surface area contributed by atoms with Gasteiger partial charge in [0.15, 0.2) is 23.3 Å². The van der Waals surface area contributed by atoms with Crippen LogP contribution in [0, 0.1) is 29.6 Å². The fraction of sp³-hybridized carbons (Fsp3) is 0.608. The minimum Gasteiger partial charge on any atom is -0.462 e. The van der Waals surface area contributed by atoms with Crippen molar-refractivity contribution in [3.63, 3.8) is 0 Å². The quantitative estimate of drug-likeness (QED) is 0.0735. The molecule has 0 radical (unpaired) electrons. The lowest BCUT2D eigenvalue weighted by Gasteiger charge is -2.35. The zero-order valence-corrected chi connectivity index (χ0v) is 43.0. The van der Waals surface area contributed by atoms with E-state index in [4.69, 9.17) is 46.4 Å². The highest BCUT2D eigenvalue weighted by atomic mass is 16.6. The van der Waals surface area contributed by atoms with Gasteiger partial charge < -0.3 is 61.5 Å². The van der Waals surface area contributed by atoms with Gasteiger partial charge in [0, 0.05) is 72.8 Å². The van der Waals surface area contributed by atoms with Crippen LogP contribution in [0.15, 0.2) is 62.5 Å². The largest absolute Gasteiger partial charge is 0.462 e. The molecule has 1 aliphatic heterocycles. The minimum absolute atomic E-state index is 0.0313. The van der Waals surface area contributed by atoms with E-state index in [1.165, 1.54) is 64.1 Å². The molecule has 1 aliphatic rings. The highest BCUT2D eigenvalue weighted by Gasteiger charge is 2.38. The van der Waals surface area contributed by atoms with Crippen molar-refractivity contribution in [1.82, 2.24) is 19.9 Å². The molecule has 398 valence electrons. The molecule has 0 aromatic carbocycles. The number of aliphatic hydroxyl groups excluding tert-OH is 2. The average Bonchev–Trinajstić information content (AvgIpc) is 4.16. The summed E-state index contributed by atoms with van der Waals surface area (Å²) in [6.07, 6.45) is 8.27. The first kappa shape index (κ1) is 58.7. The van der Waals surface area contributed by atoms with Gasteiger partial charge in [0.25, 0.3) is 0 Å². The molecule has 3 aromatic heterocycles. The molecular weight excluding hydrogens is 941 g/mol. The van der Waals surface area contributed by atoms with E-state index in [0.29, 0.717) is 30.6 Å².